The molecule has 15 heavy (non-hydrogen) atoms. The number of furan rings is 1. The Labute approximate surface area is 90.7 Å². The van der Waals surface area contributed by atoms with E-state index >= 15 is 0 Å². The first kappa shape index (κ1) is 10.0. The van der Waals surface area contributed by atoms with Crippen molar-refractivity contribution in [2.75, 3.05) is 0 Å². The standard InChI is InChI=1S/C14H16O/c1-4-12-9-14(15-11(12)3)13-7-5-10(2)6-8-13/h5-9H,4H2,1-3H3. The smallest absolute Gasteiger partial charge is 0.134 e. The van der Waals surface area contributed by atoms with Crippen LogP contribution in [0.4, 0.5) is 0 Å². The summed E-state index contributed by atoms with van der Waals surface area (Å²) in [4.78, 5) is 0. The normalized spacial score (nSPS) is 10.6. The van der Waals surface area contributed by atoms with Gasteiger partial charge in [0.05, 0.1) is 0 Å². The van der Waals surface area contributed by atoms with Crippen molar-refractivity contribution in [3.63, 3.8) is 0 Å². The first-order valence-corrected chi connectivity index (χ1v) is 5.37. The maximum Gasteiger partial charge on any atom is 0.134 e. The minimum Gasteiger partial charge on any atom is -0.461 e. The molecule has 0 saturated heterocycles. The van der Waals surface area contributed by atoms with Crippen molar-refractivity contribution in [2.45, 2.75) is 27.2 Å². The van der Waals surface area contributed by atoms with Gasteiger partial charge in [-0.15, -0.1) is 0 Å². The maximum atomic E-state index is 5.73. The Morgan fingerprint density at radius 2 is 1.73 bits per heavy atom. The van der Waals surface area contributed by atoms with Crippen LogP contribution in [-0.4, -0.2) is 0 Å². The molecule has 0 N–H and O–H groups in total. The van der Waals surface area contributed by atoms with Gasteiger partial charge in [-0.25, -0.2) is 0 Å². The molecule has 2 rings (SSSR count). The minimum absolute atomic E-state index is 0.976. The van der Waals surface area contributed by atoms with Gasteiger partial charge in [0.15, 0.2) is 0 Å². The second-order valence-electron chi connectivity index (χ2n) is 3.91. The predicted molar refractivity (Wildman–Crippen MR) is 63.0 cm³/mol. The lowest BCUT2D eigenvalue weighted by molar-refractivity contribution is 0.544. The average molecular weight is 200 g/mol. The van der Waals surface area contributed by atoms with Crippen LogP contribution in [0.5, 0.6) is 0 Å². The molecule has 0 spiro atoms. The molecule has 0 bridgehead atoms. The summed E-state index contributed by atoms with van der Waals surface area (Å²) in [7, 11) is 0. The topological polar surface area (TPSA) is 13.1 Å². The summed E-state index contributed by atoms with van der Waals surface area (Å²) in [6, 6.07) is 10.6. The molecular weight excluding hydrogens is 184 g/mol. The molecule has 1 heteroatoms. The monoisotopic (exact) mass is 200 g/mol. The summed E-state index contributed by atoms with van der Waals surface area (Å²) in [6.45, 7) is 6.27. The van der Waals surface area contributed by atoms with Gasteiger partial charge in [0.25, 0.3) is 0 Å². The molecule has 1 heterocycles. The Kier molecular flexibility index (Phi) is 2.63. The van der Waals surface area contributed by atoms with Crippen molar-refractivity contribution in [1.82, 2.24) is 0 Å². The molecule has 1 aromatic heterocycles. The van der Waals surface area contributed by atoms with Crippen molar-refractivity contribution in [2.24, 2.45) is 0 Å². The van der Waals surface area contributed by atoms with Gasteiger partial charge in [-0.2, -0.15) is 0 Å². The van der Waals surface area contributed by atoms with Gasteiger partial charge in [-0.3, -0.25) is 0 Å². The van der Waals surface area contributed by atoms with E-state index in [1.54, 1.807) is 0 Å². The van der Waals surface area contributed by atoms with Crippen molar-refractivity contribution in [3.8, 4) is 11.3 Å². The third kappa shape index (κ3) is 1.96. The van der Waals surface area contributed by atoms with E-state index in [-0.39, 0.29) is 0 Å². The molecule has 0 aliphatic carbocycles. The molecule has 0 atom stereocenters. The van der Waals surface area contributed by atoms with Crippen LogP contribution in [-0.2, 0) is 6.42 Å². The first-order chi connectivity index (χ1) is 7.20. The number of aryl methyl sites for hydroxylation is 3. The number of benzene rings is 1. The summed E-state index contributed by atoms with van der Waals surface area (Å²) in [6.07, 6.45) is 1.03. The molecule has 0 aliphatic rings. The van der Waals surface area contributed by atoms with Crippen LogP contribution >= 0.6 is 0 Å². The van der Waals surface area contributed by atoms with Crippen LogP contribution in [0, 0.1) is 13.8 Å². The summed E-state index contributed by atoms with van der Waals surface area (Å²) in [5, 5.41) is 0. The second-order valence-corrected chi connectivity index (χ2v) is 3.91. The fourth-order valence-corrected chi connectivity index (χ4v) is 1.73. The average Bonchev–Trinajstić information content (AvgIpc) is 2.61. The SMILES string of the molecule is CCc1cc(-c2ccc(C)cc2)oc1C. The van der Waals surface area contributed by atoms with E-state index in [2.05, 4.69) is 44.2 Å². The van der Waals surface area contributed by atoms with Gasteiger partial charge < -0.3 is 4.42 Å². The van der Waals surface area contributed by atoms with Crippen LogP contribution in [0.1, 0.15) is 23.8 Å². The molecule has 0 unspecified atom stereocenters. The lowest BCUT2D eigenvalue weighted by atomic mass is 10.1. The Morgan fingerprint density at radius 3 is 2.27 bits per heavy atom. The van der Waals surface area contributed by atoms with Crippen LogP contribution in [0.15, 0.2) is 34.7 Å². The summed E-state index contributed by atoms with van der Waals surface area (Å²) in [5.41, 5.74) is 3.73. The van der Waals surface area contributed by atoms with Crippen molar-refractivity contribution in [1.29, 1.82) is 0 Å². The van der Waals surface area contributed by atoms with Gasteiger partial charge in [-0.05, 0) is 31.9 Å². The van der Waals surface area contributed by atoms with E-state index in [1.807, 2.05) is 6.92 Å². The van der Waals surface area contributed by atoms with Crippen LogP contribution < -0.4 is 0 Å². The number of rotatable bonds is 2. The van der Waals surface area contributed by atoms with Crippen LogP contribution in [0.2, 0.25) is 0 Å². The van der Waals surface area contributed by atoms with Gasteiger partial charge in [-0.1, -0.05) is 36.8 Å². The molecule has 0 radical (unpaired) electrons. The third-order valence-corrected chi connectivity index (χ3v) is 2.74. The van der Waals surface area contributed by atoms with Gasteiger partial charge in [0, 0.05) is 5.56 Å². The lowest BCUT2D eigenvalue weighted by Crippen LogP contribution is -1.76. The predicted octanol–water partition coefficient (Wildman–Crippen LogP) is 4.13. The quantitative estimate of drug-likeness (QED) is 0.710. The zero-order chi connectivity index (χ0) is 10.8. The minimum atomic E-state index is 0.976. The summed E-state index contributed by atoms with van der Waals surface area (Å²) < 4.78 is 5.73. The molecular formula is C14H16O. The van der Waals surface area contributed by atoms with Gasteiger partial charge >= 0.3 is 0 Å². The Balaban J connectivity index is 2.41. The molecule has 1 nitrogen and oxygen atoms in total. The highest BCUT2D eigenvalue weighted by atomic mass is 16.3. The highest BCUT2D eigenvalue weighted by molar-refractivity contribution is 5.59. The highest BCUT2D eigenvalue weighted by Gasteiger charge is 2.07. The Morgan fingerprint density at radius 1 is 1.07 bits per heavy atom. The molecule has 0 aliphatic heterocycles. The Bertz CT molecular complexity index is 449. The molecule has 2 aromatic rings. The number of hydrogen-bond donors (Lipinski definition) is 0. The van der Waals surface area contributed by atoms with Crippen LogP contribution in [0.25, 0.3) is 11.3 Å². The summed E-state index contributed by atoms with van der Waals surface area (Å²) >= 11 is 0. The molecule has 0 amide bonds. The highest BCUT2D eigenvalue weighted by Crippen LogP contribution is 2.25. The Hall–Kier alpha value is -1.50. The zero-order valence-electron chi connectivity index (χ0n) is 9.50. The number of hydrogen-bond acceptors (Lipinski definition) is 1. The first-order valence-electron chi connectivity index (χ1n) is 5.37. The molecule has 1 aromatic carbocycles. The van der Waals surface area contributed by atoms with Crippen molar-refractivity contribution >= 4 is 0 Å². The maximum absolute atomic E-state index is 5.73. The van der Waals surface area contributed by atoms with E-state index in [9.17, 15) is 0 Å². The fourth-order valence-electron chi connectivity index (χ4n) is 1.73. The van der Waals surface area contributed by atoms with E-state index < -0.39 is 0 Å². The zero-order valence-corrected chi connectivity index (χ0v) is 9.50. The molecule has 0 saturated carbocycles. The van der Waals surface area contributed by atoms with Gasteiger partial charge in [0.2, 0.25) is 0 Å². The van der Waals surface area contributed by atoms with E-state index in [0.29, 0.717) is 0 Å². The summed E-state index contributed by atoms with van der Waals surface area (Å²) in [5.74, 6) is 2.01. The van der Waals surface area contributed by atoms with Crippen molar-refractivity contribution in [3.05, 3.63) is 47.2 Å². The molecule has 0 fully saturated rings. The van der Waals surface area contributed by atoms with E-state index in [1.165, 1.54) is 11.1 Å². The molecule has 78 valence electrons. The fraction of sp³-hybridized carbons (Fsp3) is 0.286. The lowest BCUT2D eigenvalue weighted by Gasteiger charge is -1.96. The largest absolute Gasteiger partial charge is 0.461 e. The van der Waals surface area contributed by atoms with Crippen molar-refractivity contribution < 1.29 is 4.42 Å². The second kappa shape index (κ2) is 3.93. The third-order valence-electron chi connectivity index (χ3n) is 2.74. The van der Waals surface area contributed by atoms with Crippen LogP contribution in [0.3, 0.4) is 0 Å². The van der Waals surface area contributed by atoms with E-state index in [0.717, 1.165) is 23.5 Å². The van der Waals surface area contributed by atoms with Gasteiger partial charge in [0.1, 0.15) is 11.5 Å². The van der Waals surface area contributed by atoms with E-state index in [4.69, 9.17) is 4.42 Å².